The Morgan fingerprint density at radius 2 is 2.06 bits per heavy atom. The maximum absolute atomic E-state index is 4.67. The fourth-order valence-electron chi connectivity index (χ4n) is 1.95. The second kappa shape index (κ2) is 3.89. The zero-order valence-electron chi connectivity index (χ0n) is 10.5. The van der Waals surface area contributed by atoms with E-state index in [2.05, 4.69) is 42.2 Å². The highest BCUT2D eigenvalue weighted by Crippen LogP contribution is 2.22. The first kappa shape index (κ1) is 11.1. The Hall–Kier alpha value is -1.38. The largest absolute Gasteiger partial charge is 0.313 e. The van der Waals surface area contributed by atoms with Crippen LogP contribution in [0.5, 0.6) is 0 Å². The van der Waals surface area contributed by atoms with Crippen molar-refractivity contribution in [3.05, 3.63) is 24.2 Å². The molecule has 0 aromatic carbocycles. The van der Waals surface area contributed by atoms with Gasteiger partial charge in [0.2, 0.25) is 0 Å². The first-order valence-corrected chi connectivity index (χ1v) is 5.81. The van der Waals surface area contributed by atoms with Crippen molar-refractivity contribution in [2.45, 2.75) is 40.7 Å². The van der Waals surface area contributed by atoms with Gasteiger partial charge in [0.05, 0.1) is 0 Å². The monoisotopic (exact) mass is 217 g/mol. The molecule has 2 rings (SSSR count). The number of aryl methyl sites for hydroxylation is 1. The van der Waals surface area contributed by atoms with Gasteiger partial charge < -0.3 is 4.57 Å². The zero-order chi connectivity index (χ0) is 11.8. The number of hydrogen-bond acceptors (Lipinski definition) is 2. The van der Waals surface area contributed by atoms with Crippen molar-refractivity contribution >= 4 is 11.2 Å². The molecule has 0 aliphatic rings. The van der Waals surface area contributed by atoms with Crippen LogP contribution in [0.4, 0.5) is 0 Å². The predicted molar refractivity (Wildman–Crippen MR) is 66.4 cm³/mol. The lowest BCUT2D eigenvalue weighted by molar-refractivity contribution is 0.394. The number of nitrogens with zero attached hydrogens (tertiary/aromatic N) is 3. The summed E-state index contributed by atoms with van der Waals surface area (Å²) in [4.78, 5) is 9.07. The van der Waals surface area contributed by atoms with E-state index >= 15 is 0 Å². The van der Waals surface area contributed by atoms with Crippen molar-refractivity contribution in [2.75, 3.05) is 0 Å². The van der Waals surface area contributed by atoms with E-state index in [1.165, 1.54) is 0 Å². The summed E-state index contributed by atoms with van der Waals surface area (Å²) in [5, 5.41) is 0. The lowest BCUT2D eigenvalue weighted by Gasteiger charge is -2.17. The number of aromatic nitrogens is 3. The Bertz CT molecular complexity index is 491. The smallest absolute Gasteiger partial charge is 0.159 e. The molecule has 0 atom stereocenters. The first-order chi connectivity index (χ1) is 7.51. The van der Waals surface area contributed by atoms with E-state index in [0.29, 0.717) is 0 Å². The molecule has 0 unspecified atom stereocenters. The number of fused-ring (bicyclic) bond motifs is 1. The molecular weight excluding hydrogens is 198 g/mol. The van der Waals surface area contributed by atoms with Gasteiger partial charge in [0.1, 0.15) is 11.3 Å². The van der Waals surface area contributed by atoms with Gasteiger partial charge in [-0.05, 0) is 24.5 Å². The van der Waals surface area contributed by atoms with Gasteiger partial charge in [-0.3, -0.25) is 0 Å². The van der Waals surface area contributed by atoms with Crippen LogP contribution in [0.15, 0.2) is 18.3 Å². The fourth-order valence-corrected chi connectivity index (χ4v) is 1.95. The van der Waals surface area contributed by atoms with Crippen molar-refractivity contribution < 1.29 is 0 Å². The summed E-state index contributed by atoms with van der Waals surface area (Å²) in [7, 11) is 0. The van der Waals surface area contributed by atoms with E-state index in [1.54, 1.807) is 0 Å². The summed E-state index contributed by atoms with van der Waals surface area (Å²) in [6.07, 6.45) is 2.81. The summed E-state index contributed by atoms with van der Waals surface area (Å²) < 4.78 is 2.21. The number of imidazole rings is 1. The van der Waals surface area contributed by atoms with Gasteiger partial charge in [-0.1, -0.05) is 20.8 Å². The molecule has 0 aliphatic carbocycles. The molecule has 2 heterocycles. The quantitative estimate of drug-likeness (QED) is 0.774. The minimum absolute atomic E-state index is 0.258. The molecule has 0 fully saturated rings. The molecule has 0 bridgehead atoms. The van der Waals surface area contributed by atoms with E-state index in [4.69, 9.17) is 0 Å². The van der Waals surface area contributed by atoms with E-state index < -0.39 is 0 Å². The summed E-state index contributed by atoms with van der Waals surface area (Å²) in [6, 6.07) is 3.97. The summed E-state index contributed by atoms with van der Waals surface area (Å²) in [6.45, 7) is 9.78. The highest BCUT2D eigenvalue weighted by Gasteiger charge is 2.17. The maximum Gasteiger partial charge on any atom is 0.159 e. The van der Waals surface area contributed by atoms with Crippen LogP contribution in [0.25, 0.3) is 11.2 Å². The molecule has 0 N–H and O–H groups in total. The van der Waals surface area contributed by atoms with E-state index in [-0.39, 0.29) is 5.41 Å². The molecule has 86 valence electrons. The van der Waals surface area contributed by atoms with Crippen LogP contribution in [0, 0.1) is 5.41 Å². The fraction of sp³-hybridized carbons (Fsp3) is 0.538. The lowest BCUT2D eigenvalue weighted by Crippen LogP contribution is -2.14. The minimum atomic E-state index is 0.258. The van der Waals surface area contributed by atoms with Crippen LogP contribution in [0.2, 0.25) is 0 Å². The number of pyridine rings is 1. The Morgan fingerprint density at radius 1 is 1.31 bits per heavy atom. The average Bonchev–Trinajstić information content (AvgIpc) is 2.51. The van der Waals surface area contributed by atoms with E-state index in [0.717, 1.165) is 30.0 Å². The molecule has 0 radical (unpaired) electrons. The second-order valence-corrected chi connectivity index (χ2v) is 5.36. The third kappa shape index (κ3) is 2.08. The van der Waals surface area contributed by atoms with E-state index in [1.807, 2.05) is 18.3 Å². The van der Waals surface area contributed by atoms with Gasteiger partial charge in [0, 0.05) is 19.2 Å². The standard InChI is InChI=1S/C13H19N3/c1-5-16-11(9-13(2,3)4)15-10-7-6-8-14-12(10)16/h6-8H,5,9H2,1-4H3. The van der Waals surface area contributed by atoms with Crippen molar-refractivity contribution in [3.8, 4) is 0 Å². The molecule has 0 saturated carbocycles. The first-order valence-electron chi connectivity index (χ1n) is 5.81. The van der Waals surface area contributed by atoms with Gasteiger partial charge in [-0.15, -0.1) is 0 Å². The molecular formula is C13H19N3. The Balaban J connectivity index is 2.52. The predicted octanol–water partition coefficient (Wildman–Crippen LogP) is 3.04. The molecule has 3 heteroatoms. The summed E-state index contributed by atoms with van der Waals surface area (Å²) >= 11 is 0. The summed E-state index contributed by atoms with van der Waals surface area (Å²) in [5.74, 6) is 1.14. The van der Waals surface area contributed by atoms with Gasteiger partial charge in [-0.2, -0.15) is 0 Å². The van der Waals surface area contributed by atoms with Gasteiger partial charge >= 0.3 is 0 Å². The molecule has 0 aliphatic heterocycles. The Kier molecular flexibility index (Phi) is 2.70. The van der Waals surface area contributed by atoms with Gasteiger partial charge in [0.15, 0.2) is 5.65 Å². The van der Waals surface area contributed by atoms with Gasteiger partial charge in [-0.25, -0.2) is 9.97 Å². The topological polar surface area (TPSA) is 30.7 Å². The lowest BCUT2D eigenvalue weighted by atomic mass is 9.92. The van der Waals surface area contributed by atoms with Crippen molar-refractivity contribution in [3.63, 3.8) is 0 Å². The van der Waals surface area contributed by atoms with Crippen LogP contribution in [-0.4, -0.2) is 14.5 Å². The normalized spacial score (nSPS) is 12.2. The van der Waals surface area contributed by atoms with Crippen LogP contribution in [0.3, 0.4) is 0 Å². The second-order valence-electron chi connectivity index (χ2n) is 5.36. The third-order valence-electron chi connectivity index (χ3n) is 2.59. The van der Waals surface area contributed by atoms with Crippen molar-refractivity contribution in [2.24, 2.45) is 5.41 Å². The van der Waals surface area contributed by atoms with Crippen LogP contribution in [-0.2, 0) is 13.0 Å². The average molecular weight is 217 g/mol. The highest BCUT2D eigenvalue weighted by atomic mass is 15.1. The highest BCUT2D eigenvalue weighted by molar-refractivity contribution is 5.71. The van der Waals surface area contributed by atoms with Crippen molar-refractivity contribution in [1.29, 1.82) is 0 Å². The molecule has 0 saturated heterocycles. The van der Waals surface area contributed by atoms with E-state index in [9.17, 15) is 0 Å². The number of rotatable bonds is 2. The Morgan fingerprint density at radius 3 is 2.69 bits per heavy atom. The third-order valence-corrected chi connectivity index (χ3v) is 2.59. The van der Waals surface area contributed by atoms with Crippen LogP contribution < -0.4 is 0 Å². The minimum Gasteiger partial charge on any atom is -0.313 e. The molecule has 2 aromatic rings. The van der Waals surface area contributed by atoms with Crippen LogP contribution in [0.1, 0.15) is 33.5 Å². The maximum atomic E-state index is 4.67. The van der Waals surface area contributed by atoms with Crippen molar-refractivity contribution in [1.82, 2.24) is 14.5 Å². The SMILES string of the molecule is CCn1c(CC(C)(C)C)nc2cccnc21. The summed E-state index contributed by atoms with van der Waals surface area (Å²) in [5.41, 5.74) is 2.27. The zero-order valence-corrected chi connectivity index (χ0v) is 10.5. The number of hydrogen-bond donors (Lipinski definition) is 0. The molecule has 0 amide bonds. The van der Waals surface area contributed by atoms with Gasteiger partial charge in [0.25, 0.3) is 0 Å². The van der Waals surface area contributed by atoms with Crippen LogP contribution >= 0.6 is 0 Å². The Labute approximate surface area is 96.5 Å². The molecule has 0 spiro atoms. The molecule has 3 nitrogen and oxygen atoms in total. The molecule has 16 heavy (non-hydrogen) atoms. The molecule has 2 aromatic heterocycles.